The number of ether oxygens (including phenoxy) is 1. The van der Waals surface area contributed by atoms with Crippen molar-refractivity contribution in [3.05, 3.63) is 59.3 Å². The molecular weight excluding hydrogens is 635 g/mol. The van der Waals surface area contributed by atoms with Gasteiger partial charge in [0.25, 0.3) is 0 Å². The van der Waals surface area contributed by atoms with Gasteiger partial charge in [0, 0.05) is 48.4 Å². The number of anilines is 1. The monoisotopic (exact) mass is 671 g/mol. The van der Waals surface area contributed by atoms with Crippen LogP contribution >= 0.6 is 11.3 Å². The van der Waals surface area contributed by atoms with E-state index in [1.807, 2.05) is 18.3 Å². The first-order valence-corrected chi connectivity index (χ1v) is 18.9. The van der Waals surface area contributed by atoms with Crippen molar-refractivity contribution in [2.24, 2.45) is 11.8 Å². The first-order chi connectivity index (χ1) is 22.8. The van der Waals surface area contributed by atoms with E-state index in [2.05, 4.69) is 50.4 Å². The summed E-state index contributed by atoms with van der Waals surface area (Å²) in [6.07, 6.45) is 8.80. The number of aryl methyl sites for hydroxylation is 3. The van der Waals surface area contributed by atoms with E-state index < -0.39 is 9.84 Å². The van der Waals surface area contributed by atoms with E-state index in [-0.39, 0.29) is 34.4 Å². The van der Waals surface area contributed by atoms with Crippen LogP contribution in [-0.4, -0.2) is 57.5 Å². The second kappa shape index (κ2) is 12.0. The molecule has 2 unspecified atom stereocenters. The fourth-order valence-corrected chi connectivity index (χ4v) is 10.7. The molecule has 11 nitrogen and oxygen atoms in total. The number of fused-ring (bicyclic) bond motifs is 3. The molecule has 2 atom stereocenters. The highest BCUT2D eigenvalue weighted by Gasteiger charge is 2.43. The highest BCUT2D eigenvalue weighted by atomic mass is 32.2. The maximum absolute atomic E-state index is 14.1. The molecule has 2 aliphatic heterocycles. The lowest BCUT2D eigenvalue weighted by Gasteiger charge is -2.23. The molecule has 0 bridgehead atoms. The minimum absolute atomic E-state index is 0.0261. The lowest BCUT2D eigenvalue weighted by molar-refractivity contribution is 0.0639. The van der Waals surface area contributed by atoms with Crippen molar-refractivity contribution in [2.75, 3.05) is 24.3 Å². The topological polar surface area (TPSA) is 146 Å². The van der Waals surface area contributed by atoms with Crippen LogP contribution in [0.2, 0.25) is 0 Å². The van der Waals surface area contributed by atoms with E-state index in [0.717, 1.165) is 77.6 Å². The van der Waals surface area contributed by atoms with Gasteiger partial charge in [-0.1, -0.05) is 19.9 Å². The summed E-state index contributed by atoms with van der Waals surface area (Å²) in [4.78, 5) is 20.1. The molecule has 47 heavy (non-hydrogen) atoms. The van der Waals surface area contributed by atoms with Crippen molar-refractivity contribution in [3.8, 4) is 21.9 Å². The summed E-state index contributed by atoms with van der Waals surface area (Å²) >= 11 is 1.49. The van der Waals surface area contributed by atoms with Gasteiger partial charge >= 0.3 is 0 Å². The summed E-state index contributed by atoms with van der Waals surface area (Å²) in [5.74, 6) is 1.83. The molecule has 0 spiro atoms. The predicted molar refractivity (Wildman–Crippen MR) is 179 cm³/mol. The van der Waals surface area contributed by atoms with Gasteiger partial charge < -0.3 is 14.5 Å². The molecule has 3 aliphatic rings. The predicted octanol–water partition coefficient (Wildman–Crippen LogP) is 6.49. The third kappa shape index (κ3) is 5.51. The van der Waals surface area contributed by atoms with Crippen LogP contribution in [0.15, 0.2) is 40.0 Å². The van der Waals surface area contributed by atoms with Gasteiger partial charge in [0.05, 0.1) is 43.9 Å². The van der Waals surface area contributed by atoms with Gasteiger partial charge in [0.2, 0.25) is 11.8 Å². The summed E-state index contributed by atoms with van der Waals surface area (Å²) in [6.45, 7) is 7.40. The SMILES string of the molecule is Cc1nnc(-c2c(CCC3CCOCC3)nc3c(c2-c2cc4ncnc(NC5CCc6ncccc65)c4s2)S(=O)(=O)CC3C(C)C)o1. The number of sulfone groups is 1. The molecule has 0 amide bonds. The number of hydrogen-bond acceptors (Lipinski definition) is 12. The fraction of sp³-hybridized carbons (Fsp3) is 0.471. The Morgan fingerprint density at radius 3 is 2.72 bits per heavy atom. The Kier molecular flexibility index (Phi) is 7.80. The Labute approximate surface area is 277 Å². The summed E-state index contributed by atoms with van der Waals surface area (Å²) < 4.78 is 40.8. The molecule has 7 heterocycles. The Morgan fingerprint density at radius 1 is 1.09 bits per heavy atom. The maximum Gasteiger partial charge on any atom is 0.250 e. The number of aromatic nitrogens is 6. The molecule has 13 heteroatoms. The van der Waals surface area contributed by atoms with Gasteiger partial charge in [-0.25, -0.2) is 18.4 Å². The van der Waals surface area contributed by atoms with E-state index in [1.54, 1.807) is 13.3 Å². The van der Waals surface area contributed by atoms with Gasteiger partial charge in [-0.05, 0) is 68.1 Å². The third-order valence-corrected chi connectivity index (χ3v) is 12.8. The molecule has 1 fully saturated rings. The van der Waals surface area contributed by atoms with Crippen LogP contribution in [-0.2, 0) is 27.4 Å². The van der Waals surface area contributed by atoms with Crippen molar-refractivity contribution >= 4 is 37.2 Å². The van der Waals surface area contributed by atoms with Crippen LogP contribution in [0, 0.1) is 18.8 Å². The van der Waals surface area contributed by atoms with E-state index >= 15 is 0 Å². The number of hydrogen-bond donors (Lipinski definition) is 1. The molecule has 244 valence electrons. The zero-order chi connectivity index (χ0) is 32.3. The minimum Gasteiger partial charge on any atom is -0.421 e. The second-order valence-corrected chi connectivity index (χ2v) is 16.2. The molecule has 0 saturated carbocycles. The molecule has 0 aromatic carbocycles. The average molecular weight is 672 g/mol. The van der Waals surface area contributed by atoms with Gasteiger partial charge in [-0.2, -0.15) is 0 Å². The van der Waals surface area contributed by atoms with Crippen LogP contribution in [0.1, 0.15) is 80.0 Å². The largest absolute Gasteiger partial charge is 0.421 e. The van der Waals surface area contributed by atoms with Crippen LogP contribution in [0.3, 0.4) is 0 Å². The van der Waals surface area contributed by atoms with Gasteiger partial charge in [0.15, 0.2) is 9.84 Å². The van der Waals surface area contributed by atoms with Gasteiger partial charge in [-0.3, -0.25) is 9.97 Å². The van der Waals surface area contributed by atoms with Crippen LogP contribution in [0.25, 0.3) is 32.1 Å². The lowest BCUT2D eigenvalue weighted by atomic mass is 9.89. The van der Waals surface area contributed by atoms with E-state index in [0.29, 0.717) is 35.1 Å². The maximum atomic E-state index is 14.1. The standard InChI is InChI=1S/C34H37N7O4S2/c1-18(2)22-16-47(42,43)32-29(28(34-41-40-19(3)45-34)25(38-30(22)32)7-6-20-10-13-44-14-11-20)27-15-26-31(46-27)33(37-17-36-26)39-24-9-8-23-21(24)5-4-12-35-23/h4-5,12,15,17-18,20,22,24H,6-11,13-14,16H2,1-3H3,(H,36,37,39). The molecule has 1 saturated heterocycles. The molecule has 5 aromatic heterocycles. The van der Waals surface area contributed by atoms with Crippen molar-refractivity contribution in [1.29, 1.82) is 0 Å². The average Bonchev–Trinajstić information content (AvgIpc) is 3.85. The third-order valence-electron chi connectivity index (χ3n) is 9.83. The zero-order valence-electron chi connectivity index (χ0n) is 26.7. The van der Waals surface area contributed by atoms with E-state index in [1.165, 1.54) is 16.9 Å². The van der Waals surface area contributed by atoms with Crippen molar-refractivity contribution in [2.45, 2.75) is 76.2 Å². The number of nitrogens with one attached hydrogen (secondary N) is 1. The van der Waals surface area contributed by atoms with E-state index in [9.17, 15) is 8.42 Å². The van der Waals surface area contributed by atoms with Crippen LogP contribution < -0.4 is 5.32 Å². The molecular formula is C34H37N7O4S2. The zero-order valence-corrected chi connectivity index (χ0v) is 28.3. The first-order valence-electron chi connectivity index (χ1n) is 16.4. The highest BCUT2D eigenvalue weighted by Crippen LogP contribution is 2.51. The Morgan fingerprint density at radius 2 is 1.94 bits per heavy atom. The molecule has 1 aliphatic carbocycles. The Bertz CT molecular complexity index is 2090. The molecule has 1 N–H and O–H groups in total. The van der Waals surface area contributed by atoms with E-state index in [4.69, 9.17) is 14.1 Å². The number of pyridine rings is 2. The lowest BCUT2D eigenvalue weighted by Crippen LogP contribution is -2.17. The van der Waals surface area contributed by atoms with Gasteiger partial charge in [0.1, 0.15) is 12.1 Å². The molecule has 8 rings (SSSR count). The molecule has 0 radical (unpaired) electrons. The van der Waals surface area contributed by atoms with Crippen molar-refractivity contribution < 1.29 is 17.6 Å². The van der Waals surface area contributed by atoms with Crippen LogP contribution in [0.5, 0.6) is 0 Å². The number of thiophene rings is 1. The smallest absolute Gasteiger partial charge is 0.250 e. The molecule has 5 aromatic rings. The summed E-state index contributed by atoms with van der Waals surface area (Å²) in [5.41, 5.74) is 5.67. The first kappa shape index (κ1) is 30.5. The summed E-state index contributed by atoms with van der Waals surface area (Å²) in [5, 5.41) is 12.2. The highest BCUT2D eigenvalue weighted by molar-refractivity contribution is 7.92. The van der Waals surface area contributed by atoms with Gasteiger partial charge in [-0.15, -0.1) is 21.5 Å². The summed E-state index contributed by atoms with van der Waals surface area (Å²) in [6, 6.07) is 6.13. The van der Waals surface area contributed by atoms with Crippen LogP contribution in [0.4, 0.5) is 5.82 Å². The summed E-state index contributed by atoms with van der Waals surface area (Å²) in [7, 11) is -3.67. The normalized spacial score (nSPS) is 20.6. The van der Waals surface area contributed by atoms with Crippen molar-refractivity contribution in [1.82, 2.24) is 30.1 Å². The number of rotatable bonds is 8. The second-order valence-electron chi connectivity index (χ2n) is 13.2. The minimum atomic E-state index is -3.67. The van der Waals surface area contributed by atoms with Crippen molar-refractivity contribution in [3.63, 3.8) is 0 Å². The number of nitrogens with zero attached hydrogens (tertiary/aromatic N) is 6. The fourth-order valence-electron chi connectivity index (χ4n) is 7.34. The quantitative estimate of drug-likeness (QED) is 0.193. The Balaban J connectivity index is 1.31. The Hall–Kier alpha value is -3.81.